The highest BCUT2D eigenvalue weighted by atomic mass is 32.1. The number of aryl methyl sites for hydroxylation is 1. The lowest BCUT2D eigenvalue weighted by atomic mass is 10.2. The van der Waals surface area contributed by atoms with Crippen LogP contribution < -0.4 is 31.9 Å². The van der Waals surface area contributed by atoms with Crippen molar-refractivity contribution in [2.45, 2.75) is 34.6 Å². The van der Waals surface area contributed by atoms with Crippen molar-refractivity contribution in [1.82, 2.24) is 30.9 Å². The van der Waals surface area contributed by atoms with Crippen molar-refractivity contribution in [3.05, 3.63) is 108 Å². The van der Waals surface area contributed by atoms with Crippen LogP contribution in [0.3, 0.4) is 0 Å². The Bertz CT molecular complexity index is 2240. The highest BCUT2D eigenvalue weighted by Gasteiger charge is 2.12. The smallest absolute Gasteiger partial charge is 0.257 e. The molecule has 0 spiro atoms. The van der Waals surface area contributed by atoms with E-state index in [0.717, 1.165) is 20.4 Å². The highest BCUT2D eigenvalue weighted by Crippen LogP contribution is 2.27. The van der Waals surface area contributed by atoms with Crippen LogP contribution in [0.15, 0.2) is 97.2 Å². The van der Waals surface area contributed by atoms with Crippen molar-refractivity contribution < 1.29 is 14.4 Å². The molecule has 0 saturated heterocycles. The van der Waals surface area contributed by atoms with E-state index in [2.05, 4.69) is 52.9 Å². The van der Waals surface area contributed by atoms with Crippen LogP contribution in [-0.4, -0.2) is 48.0 Å². The first-order valence-electron chi connectivity index (χ1n) is 16.8. The zero-order valence-corrected chi connectivity index (χ0v) is 34.6. The summed E-state index contributed by atoms with van der Waals surface area (Å²) in [7, 11) is 0. The van der Waals surface area contributed by atoms with Crippen LogP contribution in [0.5, 0.6) is 0 Å². The molecule has 0 fully saturated rings. The van der Waals surface area contributed by atoms with Crippen LogP contribution in [0.25, 0.3) is 20.4 Å². The topological polar surface area (TPSA) is 162 Å². The summed E-state index contributed by atoms with van der Waals surface area (Å²) in [5, 5.41) is 18.7. The van der Waals surface area contributed by atoms with E-state index >= 15 is 0 Å². The number of nitrogens with one attached hydrogen (secondary N) is 6. The number of hydrogen-bond donors (Lipinski definition) is 6. The molecular formula is C38H39N9O3S5. The number of para-hydroxylation sites is 1. The normalized spacial score (nSPS) is 10.3. The van der Waals surface area contributed by atoms with E-state index in [0.29, 0.717) is 21.6 Å². The quantitative estimate of drug-likeness (QED) is 0.0898. The Morgan fingerprint density at radius 1 is 0.600 bits per heavy atom. The molecule has 0 saturated carbocycles. The Morgan fingerprint density at radius 3 is 1.69 bits per heavy atom. The molecule has 3 heterocycles. The summed E-state index contributed by atoms with van der Waals surface area (Å²) in [4.78, 5) is 47.6. The highest BCUT2D eigenvalue weighted by molar-refractivity contribution is 7.81. The molecule has 6 aromatic rings. The molecule has 55 heavy (non-hydrogen) atoms. The van der Waals surface area contributed by atoms with Crippen LogP contribution in [-0.2, 0) is 9.59 Å². The molecule has 0 aliphatic carbocycles. The van der Waals surface area contributed by atoms with Gasteiger partial charge in [0.1, 0.15) is 5.82 Å². The van der Waals surface area contributed by atoms with Crippen molar-refractivity contribution in [1.29, 1.82) is 0 Å². The third-order valence-electron chi connectivity index (χ3n) is 6.97. The summed E-state index contributed by atoms with van der Waals surface area (Å²) in [6.07, 6.45) is 1.64. The van der Waals surface area contributed by atoms with E-state index in [4.69, 9.17) is 36.7 Å². The Morgan fingerprint density at radius 2 is 1.13 bits per heavy atom. The number of carbonyl (C=O) groups is 3. The van der Waals surface area contributed by atoms with Crippen LogP contribution >= 0.6 is 59.3 Å². The molecule has 0 radical (unpaired) electrons. The molecule has 6 rings (SSSR count). The van der Waals surface area contributed by atoms with Gasteiger partial charge in [-0.15, -0.1) is 0 Å². The second-order valence-corrected chi connectivity index (χ2v) is 15.4. The van der Waals surface area contributed by atoms with Gasteiger partial charge in [0.05, 0.1) is 20.4 Å². The average molecular weight is 830 g/mol. The summed E-state index contributed by atoms with van der Waals surface area (Å²) in [5.74, 6) is -0.0548. The van der Waals surface area contributed by atoms with Crippen LogP contribution in [0.2, 0.25) is 0 Å². The molecule has 0 aliphatic heterocycles. The Labute approximate surface area is 343 Å². The standard InChI is InChI=1S/C13H15N3OS2.C13H11N3OS.C12H13N3OS2/c1-7(2)11(17)15-12(18)16-13-14-9-5-4-8(3)6-10(9)19-13;17-12(10-6-2-1-3-7-10)16-13(18)15-11-8-4-5-9-14-11;1-7(2)10(16)14-11(17)15-12-13-8-5-3-4-6-9(8)18-12/h4-7H,1-3H3,(H2,14,15,16,17,18);1-9H,(H2,14,15,16,17,18);3-7H,1-2H3,(H2,13,14,15,16,17). The average Bonchev–Trinajstić information content (AvgIpc) is 3.75. The van der Waals surface area contributed by atoms with Crippen LogP contribution in [0.1, 0.15) is 43.6 Å². The lowest BCUT2D eigenvalue weighted by molar-refractivity contribution is -0.123. The Hall–Kier alpha value is -5.33. The first-order chi connectivity index (χ1) is 26.3. The maximum absolute atomic E-state index is 11.8. The second kappa shape index (κ2) is 20.9. The number of pyridine rings is 1. The van der Waals surface area contributed by atoms with Crippen molar-refractivity contribution in [2.24, 2.45) is 11.8 Å². The first-order valence-corrected chi connectivity index (χ1v) is 19.7. The van der Waals surface area contributed by atoms with Crippen molar-refractivity contribution >= 4 is 129 Å². The second-order valence-electron chi connectivity index (χ2n) is 12.2. The third kappa shape index (κ3) is 14.1. The number of nitrogens with zero attached hydrogens (tertiary/aromatic N) is 3. The van der Waals surface area contributed by atoms with Crippen molar-refractivity contribution in [3.63, 3.8) is 0 Å². The molecule has 0 unspecified atom stereocenters. The summed E-state index contributed by atoms with van der Waals surface area (Å²) in [6, 6.07) is 28.2. The predicted octanol–water partition coefficient (Wildman–Crippen LogP) is 8.05. The van der Waals surface area contributed by atoms with Gasteiger partial charge in [-0.3, -0.25) is 19.7 Å². The van der Waals surface area contributed by atoms with Gasteiger partial charge >= 0.3 is 0 Å². The lowest BCUT2D eigenvalue weighted by Crippen LogP contribution is -2.36. The summed E-state index contributed by atoms with van der Waals surface area (Å²) < 4.78 is 2.18. The molecular weight excluding hydrogens is 791 g/mol. The number of thiocarbonyl (C=S) groups is 3. The fourth-order valence-corrected chi connectivity index (χ4v) is 6.69. The molecule has 0 atom stereocenters. The molecule has 0 bridgehead atoms. The SMILES string of the molecule is CC(C)C(=O)NC(=S)Nc1nc2ccccc2s1.Cc1ccc2nc(NC(=S)NC(=O)C(C)C)sc2c1.O=C(NC(=S)Nc1ccccn1)c1ccccc1. The monoisotopic (exact) mass is 829 g/mol. The summed E-state index contributed by atoms with van der Waals surface area (Å²) in [6.45, 7) is 9.31. The van der Waals surface area contributed by atoms with Gasteiger partial charge < -0.3 is 26.6 Å². The number of rotatable bonds is 6. The Kier molecular flexibility index (Phi) is 16.1. The van der Waals surface area contributed by atoms with E-state index in [-0.39, 0.29) is 44.9 Å². The fraction of sp³-hybridized carbons (Fsp3) is 0.184. The molecule has 284 valence electrons. The fourth-order valence-electron chi connectivity index (χ4n) is 4.13. The van der Waals surface area contributed by atoms with Crippen molar-refractivity contribution in [3.8, 4) is 0 Å². The molecule has 3 aromatic heterocycles. The summed E-state index contributed by atoms with van der Waals surface area (Å²) in [5.41, 5.74) is 3.60. The zero-order valence-electron chi connectivity index (χ0n) is 30.5. The first kappa shape index (κ1) is 42.4. The van der Waals surface area contributed by atoms with Crippen LogP contribution in [0.4, 0.5) is 16.1 Å². The van der Waals surface area contributed by atoms with Gasteiger partial charge in [0.2, 0.25) is 11.8 Å². The lowest BCUT2D eigenvalue weighted by Gasteiger charge is -2.08. The number of amides is 3. The maximum atomic E-state index is 11.8. The van der Waals surface area contributed by atoms with E-state index in [1.165, 1.54) is 28.2 Å². The number of fused-ring (bicyclic) bond motifs is 2. The minimum Gasteiger partial charge on any atom is -0.317 e. The van der Waals surface area contributed by atoms with E-state index < -0.39 is 0 Å². The van der Waals surface area contributed by atoms with Crippen LogP contribution in [0, 0.1) is 18.8 Å². The largest absolute Gasteiger partial charge is 0.317 e. The van der Waals surface area contributed by atoms with E-state index in [1.807, 2.05) is 83.1 Å². The van der Waals surface area contributed by atoms with Gasteiger partial charge in [-0.2, -0.15) is 0 Å². The minimum absolute atomic E-state index is 0.0971. The van der Waals surface area contributed by atoms with Gasteiger partial charge in [0.25, 0.3) is 5.91 Å². The zero-order chi connectivity index (χ0) is 39.9. The number of carbonyl (C=O) groups excluding carboxylic acids is 3. The molecule has 3 aromatic carbocycles. The molecule has 3 amide bonds. The van der Waals surface area contributed by atoms with Gasteiger partial charge in [-0.25, -0.2) is 15.0 Å². The van der Waals surface area contributed by atoms with E-state index in [1.54, 1.807) is 42.6 Å². The van der Waals surface area contributed by atoms with Crippen molar-refractivity contribution in [2.75, 3.05) is 16.0 Å². The van der Waals surface area contributed by atoms with Gasteiger partial charge in [0.15, 0.2) is 25.6 Å². The number of anilines is 3. The number of hydrogen-bond acceptors (Lipinski definition) is 11. The summed E-state index contributed by atoms with van der Waals surface area (Å²) >= 11 is 18.2. The minimum atomic E-state index is -0.246. The molecule has 17 heteroatoms. The number of thiazole rings is 2. The Balaban J connectivity index is 0.000000184. The number of benzene rings is 3. The van der Waals surface area contributed by atoms with Gasteiger partial charge in [0, 0.05) is 23.6 Å². The van der Waals surface area contributed by atoms with Gasteiger partial charge in [-0.1, -0.05) is 92.8 Å². The molecule has 6 N–H and O–H groups in total. The molecule has 12 nitrogen and oxygen atoms in total. The van der Waals surface area contributed by atoms with Gasteiger partial charge in [-0.05, 0) is 97.7 Å². The predicted molar refractivity (Wildman–Crippen MR) is 237 cm³/mol. The third-order valence-corrected chi connectivity index (χ3v) is 9.47. The van der Waals surface area contributed by atoms with E-state index in [9.17, 15) is 14.4 Å². The maximum Gasteiger partial charge on any atom is 0.257 e. The number of aromatic nitrogens is 3. The molecule has 0 aliphatic rings.